The Morgan fingerprint density at radius 1 is 1.19 bits per heavy atom. The van der Waals surface area contributed by atoms with E-state index in [9.17, 15) is 0 Å². The molecule has 0 radical (unpaired) electrons. The maximum atomic E-state index is 5.95. The third-order valence-electron chi connectivity index (χ3n) is 4.87. The second-order valence-corrected chi connectivity index (χ2v) is 6.59. The van der Waals surface area contributed by atoms with Crippen LogP contribution in [-0.4, -0.2) is 18.6 Å². The van der Waals surface area contributed by atoms with Crippen molar-refractivity contribution in [2.45, 2.75) is 52.0 Å². The molecule has 2 nitrogen and oxygen atoms in total. The van der Waals surface area contributed by atoms with Crippen LogP contribution in [0.25, 0.3) is 0 Å². The lowest BCUT2D eigenvalue weighted by Crippen LogP contribution is -2.61. The number of hydrogen-bond acceptors (Lipinski definition) is 2. The van der Waals surface area contributed by atoms with Crippen molar-refractivity contribution in [3.05, 3.63) is 0 Å². The molecule has 0 aromatic heterocycles. The highest BCUT2D eigenvalue weighted by Gasteiger charge is 2.44. The number of nitrogens with one attached hydrogen (secondary N) is 1. The Kier molecular flexibility index (Phi) is 3.60. The van der Waals surface area contributed by atoms with Gasteiger partial charge >= 0.3 is 0 Å². The maximum Gasteiger partial charge on any atom is 0.0309 e. The fourth-order valence-electron chi connectivity index (χ4n) is 3.01. The minimum atomic E-state index is 0.290. The molecular weight excluding hydrogens is 196 g/mol. The number of hydrogen-bond donors (Lipinski definition) is 2. The molecule has 94 valence electrons. The van der Waals surface area contributed by atoms with Gasteiger partial charge < -0.3 is 11.1 Å². The SMILES string of the molecule is CC(C)C1CC(CN)(NCC(C)C2CC2)C1. The van der Waals surface area contributed by atoms with Gasteiger partial charge in [0.1, 0.15) is 0 Å². The molecule has 0 amide bonds. The van der Waals surface area contributed by atoms with Crippen LogP contribution < -0.4 is 11.1 Å². The van der Waals surface area contributed by atoms with Crippen molar-refractivity contribution in [1.82, 2.24) is 5.32 Å². The van der Waals surface area contributed by atoms with Crippen molar-refractivity contribution >= 4 is 0 Å². The molecule has 2 aliphatic rings. The van der Waals surface area contributed by atoms with E-state index in [1.807, 2.05) is 0 Å². The maximum absolute atomic E-state index is 5.95. The van der Waals surface area contributed by atoms with Crippen LogP contribution >= 0.6 is 0 Å². The molecule has 3 N–H and O–H groups in total. The molecule has 0 heterocycles. The van der Waals surface area contributed by atoms with Crippen molar-refractivity contribution in [2.24, 2.45) is 29.4 Å². The van der Waals surface area contributed by atoms with Crippen LogP contribution in [0.1, 0.15) is 46.5 Å². The molecule has 0 bridgehead atoms. The summed E-state index contributed by atoms with van der Waals surface area (Å²) in [5, 5.41) is 3.76. The number of rotatable bonds is 6. The minimum Gasteiger partial charge on any atom is -0.329 e. The molecular formula is C14H28N2. The van der Waals surface area contributed by atoms with E-state index in [1.54, 1.807) is 0 Å². The largest absolute Gasteiger partial charge is 0.329 e. The summed E-state index contributed by atoms with van der Waals surface area (Å²) >= 11 is 0. The highest BCUT2D eigenvalue weighted by Crippen LogP contribution is 2.42. The molecule has 0 saturated heterocycles. The Bertz CT molecular complexity index is 227. The third kappa shape index (κ3) is 2.60. The van der Waals surface area contributed by atoms with Crippen LogP contribution in [0.5, 0.6) is 0 Å². The summed E-state index contributed by atoms with van der Waals surface area (Å²) in [5.41, 5.74) is 6.24. The summed E-state index contributed by atoms with van der Waals surface area (Å²) in [7, 11) is 0. The summed E-state index contributed by atoms with van der Waals surface area (Å²) in [4.78, 5) is 0. The van der Waals surface area contributed by atoms with Gasteiger partial charge in [0.15, 0.2) is 0 Å². The van der Waals surface area contributed by atoms with Crippen molar-refractivity contribution in [3.8, 4) is 0 Å². The summed E-state index contributed by atoms with van der Waals surface area (Å²) < 4.78 is 0. The molecule has 2 rings (SSSR count). The summed E-state index contributed by atoms with van der Waals surface area (Å²) in [6.07, 6.45) is 5.48. The molecule has 1 unspecified atom stereocenters. The predicted octanol–water partition coefficient (Wildman–Crippen LogP) is 2.39. The molecule has 2 heteroatoms. The fourth-order valence-corrected chi connectivity index (χ4v) is 3.01. The average molecular weight is 224 g/mol. The summed E-state index contributed by atoms with van der Waals surface area (Å²) in [6.45, 7) is 9.03. The van der Waals surface area contributed by atoms with E-state index >= 15 is 0 Å². The van der Waals surface area contributed by atoms with Crippen molar-refractivity contribution in [2.75, 3.05) is 13.1 Å². The van der Waals surface area contributed by atoms with Crippen LogP contribution in [0.3, 0.4) is 0 Å². The summed E-state index contributed by atoms with van der Waals surface area (Å²) in [5.74, 6) is 3.57. The van der Waals surface area contributed by atoms with Gasteiger partial charge in [0, 0.05) is 12.1 Å². The lowest BCUT2D eigenvalue weighted by molar-refractivity contribution is 0.0726. The molecule has 0 aromatic rings. The van der Waals surface area contributed by atoms with Crippen molar-refractivity contribution < 1.29 is 0 Å². The monoisotopic (exact) mass is 224 g/mol. The van der Waals surface area contributed by atoms with Gasteiger partial charge in [-0.2, -0.15) is 0 Å². The van der Waals surface area contributed by atoms with Gasteiger partial charge in [-0.05, 0) is 55.9 Å². The molecule has 0 spiro atoms. The number of nitrogens with two attached hydrogens (primary N) is 1. The molecule has 1 atom stereocenters. The standard InChI is InChI=1S/C14H28N2/c1-10(2)13-6-14(7-13,9-15)16-8-11(3)12-4-5-12/h10-13,16H,4-9,15H2,1-3H3. The van der Waals surface area contributed by atoms with E-state index in [4.69, 9.17) is 5.73 Å². The first-order valence-corrected chi connectivity index (χ1v) is 7.01. The van der Waals surface area contributed by atoms with E-state index in [0.717, 1.165) is 30.2 Å². The van der Waals surface area contributed by atoms with E-state index in [0.29, 0.717) is 0 Å². The molecule has 2 fully saturated rings. The highest BCUT2D eigenvalue weighted by molar-refractivity contribution is 5.03. The Morgan fingerprint density at radius 3 is 2.25 bits per heavy atom. The van der Waals surface area contributed by atoms with Gasteiger partial charge in [0.05, 0.1) is 0 Å². The molecule has 0 aliphatic heterocycles. The smallest absolute Gasteiger partial charge is 0.0309 e. The average Bonchev–Trinajstić information content (AvgIpc) is 2.98. The van der Waals surface area contributed by atoms with E-state index < -0.39 is 0 Å². The second-order valence-electron chi connectivity index (χ2n) is 6.59. The van der Waals surface area contributed by atoms with Crippen LogP contribution in [0.4, 0.5) is 0 Å². The van der Waals surface area contributed by atoms with Crippen LogP contribution in [0.2, 0.25) is 0 Å². The quantitative estimate of drug-likeness (QED) is 0.727. The first-order valence-electron chi connectivity index (χ1n) is 7.01. The molecule has 2 aliphatic carbocycles. The van der Waals surface area contributed by atoms with Gasteiger partial charge in [-0.1, -0.05) is 20.8 Å². The predicted molar refractivity (Wildman–Crippen MR) is 69.2 cm³/mol. The highest BCUT2D eigenvalue weighted by atomic mass is 15.0. The van der Waals surface area contributed by atoms with E-state index in [1.165, 1.54) is 32.2 Å². The molecule has 0 aromatic carbocycles. The van der Waals surface area contributed by atoms with Crippen LogP contribution in [-0.2, 0) is 0 Å². The first-order chi connectivity index (χ1) is 7.56. The Labute approximate surface area is 100 Å². The third-order valence-corrected chi connectivity index (χ3v) is 4.87. The normalized spacial score (nSPS) is 36.2. The van der Waals surface area contributed by atoms with Gasteiger partial charge in [-0.25, -0.2) is 0 Å². The Morgan fingerprint density at radius 2 is 1.81 bits per heavy atom. The minimum absolute atomic E-state index is 0.290. The van der Waals surface area contributed by atoms with Gasteiger partial charge in [0.2, 0.25) is 0 Å². The topological polar surface area (TPSA) is 38.0 Å². The lowest BCUT2D eigenvalue weighted by Gasteiger charge is -2.50. The Hall–Kier alpha value is -0.0800. The molecule has 16 heavy (non-hydrogen) atoms. The zero-order valence-electron chi connectivity index (χ0n) is 11.1. The van der Waals surface area contributed by atoms with Crippen LogP contribution in [0.15, 0.2) is 0 Å². The lowest BCUT2D eigenvalue weighted by atomic mass is 9.64. The van der Waals surface area contributed by atoms with Gasteiger partial charge in [-0.15, -0.1) is 0 Å². The van der Waals surface area contributed by atoms with Crippen LogP contribution in [0, 0.1) is 23.7 Å². The van der Waals surface area contributed by atoms with Gasteiger partial charge in [0.25, 0.3) is 0 Å². The van der Waals surface area contributed by atoms with Crippen molar-refractivity contribution in [1.29, 1.82) is 0 Å². The second kappa shape index (κ2) is 4.66. The zero-order chi connectivity index (χ0) is 11.8. The molecule has 2 saturated carbocycles. The van der Waals surface area contributed by atoms with Gasteiger partial charge in [-0.3, -0.25) is 0 Å². The fraction of sp³-hybridized carbons (Fsp3) is 1.00. The van der Waals surface area contributed by atoms with E-state index in [-0.39, 0.29) is 5.54 Å². The van der Waals surface area contributed by atoms with E-state index in [2.05, 4.69) is 26.1 Å². The Balaban J connectivity index is 1.74. The zero-order valence-corrected chi connectivity index (χ0v) is 11.1. The first kappa shape index (κ1) is 12.4. The summed E-state index contributed by atoms with van der Waals surface area (Å²) in [6, 6.07) is 0. The van der Waals surface area contributed by atoms with Crippen molar-refractivity contribution in [3.63, 3.8) is 0 Å².